The molecule has 10 heteroatoms. The van der Waals surface area contributed by atoms with Crippen LogP contribution in [0.15, 0.2) is 140 Å². The Bertz CT molecular complexity index is 2110. The van der Waals surface area contributed by atoms with Crippen LogP contribution in [0.4, 0.5) is 33.6 Å². The Kier molecular flexibility index (Phi) is 10.4. The molecule has 0 bridgehead atoms. The Morgan fingerprint density at radius 2 is 1.40 bits per heavy atom. The summed E-state index contributed by atoms with van der Waals surface area (Å²) in [6.45, 7) is 6.86. The molecule has 6 aromatic rings. The number of nitrogens with one attached hydrogen (secondary N) is 1. The first kappa shape index (κ1) is 35.4. The second-order valence-corrected chi connectivity index (χ2v) is 17.1. The highest BCUT2D eigenvalue weighted by Gasteiger charge is 2.37. The summed E-state index contributed by atoms with van der Waals surface area (Å²) in [6, 6.07) is 43.7. The second-order valence-electron chi connectivity index (χ2n) is 13.9. The van der Waals surface area contributed by atoms with Crippen LogP contribution in [-0.4, -0.2) is 31.1 Å². The molecule has 2 amide bonds. The molecule has 1 aromatic heterocycles. The van der Waals surface area contributed by atoms with E-state index in [9.17, 15) is 4.79 Å². The van der Waals surface area contributed by atoms with Crippen molar-refractivity contribution >= 4 is 77.5 Å². The van der Waals surface area contributed by atoms with Gasteiger partial charge in [-0.3, -0.25) is 4.90 Å². The molecule has 7 nitrogen and oxygen atoms in total. The van der Waals surface area contributed by atoms with Crippen LogP contribution in [0, 0.1) is 5.41 Å². The molecule has 1 atom stereocenters. The molecule has 262 valence electrons. The van der Waals surface area contributed by atoms with E-state index in [2.05, 4.69) is 91.7 Å². The fraction of sp³-hybridized carbons (Fsp3) is 0.167. The Morgan fingerprint density at radius 3 is 2.02 bits per heavy atom. The normalized spacial score (nSPS) is 13.6. The SMILES string of the molecule is CC(C)(C)C(Cc1cccc(N2C(=O)N(c3c(Cl)cccc3Cl)Cc3cnc(Nc4ccccc4)nc32)c1)O[SiH](c1ccccc1)c1ccccc1. The number of hydrogen-bond donors (Lipinski definition) is 1. The molecule has 1 unspecified atom stereocenters. The van der Waals surface area contributed by atoms with E-state index in [1.54, 1.807) is 34.2 Å². The highest BCUT2D eigenvalue weighted by Crippen LogP contribution is 2.41. The number of rotatable bonds is 10. The zero-order chi connectivity index (χ0) is 36.2. The lowest BCUT2D eigenvalue weighted by Crippen LogP contribution is -2.50. The van der Waals surface area contributed by atoms with Gasteiger partial charge >= 0.3 is 6.03 Å². The minimum Gasteiger partial charge on any atom is -0.407 e. The summed E-state index contributed by atoms with van der Waals surface area (Å²) in [6.07, 6.45) is 2.27. The second kappa shape index (κ2) is 15.3. The van der Waals surface area contributed by atoms with Gasteiger partial charge in [0.2, 0.25) is 15.0 Å². The van der Waals surface area contributed by atoms with E-state index in [0.29, 0.717) is 39.6 Å². The van der Waals surface area contributed by atoms with Crippen molar-refractivity contribution in [3.63, 3.8) is 0 Å². The topological polar surface area (TPSA) is 70.6 Å². The van der Waals surface area contributed by atoms with Crippen molar-refractivity contribution < 1.29 is 9.22 Å². The average Bonchev–Trinajstić information content (AvgIpc) is 3.14. The number of urea groups is 1. The van der Waals surface area contributed by atoms with Crippen LogP contribution < -0.4 is 25.5 Å². The third-order valence-electron chi connectivity index (χ3n) is 9.10. The van der Waals surface area contributed by atoms with Gasteiger partial charge in [0.15, 0.2) is 5.82 Å². The molecule has 1 aliphatic rings. The monoisotopic (exact) mass is 743 g/mol. The molecule has 2 heterocycles. The van der Waals surface area contributed by atoms with Gasteiger partial charge in [0.25, 0.3) is 0 Å². The van der Waals surface area contributed by atoms with Gasteiger partial charge in [-0.1, -0.05) is 141 Å². The predicted octanol–water partition coefficient (Wildman–Crippen LogP) is 9.32. The van der Waals surface area contributed by atoms with Gasteiger partial charge in [0.1, 0.15) is 0 Å². The van der Waals surface area contributed by atoms with E-state index >= 15 is 0 Å². The third kappa shape index (κ3) is 7.76. The molecule has 1 aliphatic heterocycles. The van der Waals surface area contributed by atoms with Crippen LogP contribution >= 0.6 is 23.2 Å². The molecule has 52 heavy (non-hydrogen) atoms. The quantitative estimate of drug-likeness (QED) is 0.142. The smallest absolute Gasteiger partial charge is 0.335 e. The van der Waals surface area contributed by atoms with Gasteiger partial charge in [-0.05, 0) is 64.2 Å². The molecule has 5 aromatic carbocycles. The summed E-state index contributed by atoms with van der Waals surface area (Å²) in [5, 5.41) is 6.48. The van der Waals surface area contributed by atoms with Crippen molar-refractivity contribution in [1.29, 1.82) is 0 Å². The van der Waals surface area contributed by atoms with Crippen LogP contribution in [0.2, 0.25) is 10.0 Å². The molecule has 0 spiro atoms. The number of fused-ring (bicyclic) bond motifs is 1. The maximum absolute atomic E-state index is 14.6. The Labute approximate surface area is 316 Å². The largest absolute Gasteiger partial charge is 0.407 e. The summed E-state index contributed by atoms with van der Waals surface area (Å²) >= 11 is 13.3. The van der Waals surface area contributed by atoms with Crippen molar-refractivity contribution in [2.75, 3.05) is 15.1 Å². The summed E-state index contributed by atoms with van der Waals surface area (Å²) in [7, 11) is -2.05. The lowest BCUT2D eigenvalue weighted by Gasteiger charge is -2.37. The van der Waals surface area contributed by atoms with Crippen molar-refractivity contribution in [2.24, 2.45) is 5.41 Å². The molecular formula is C42H39Cl2N5O2Si. The minimum atomic E-state index is -2.05. The van der Waals surface area contributed by atoms with Crippen molar-refractivity contribution in [2.45, 2.75) is 39.8 Å². The van der Waals surface area contributed by atoms with Gasteiger partial charge in [-0.2, -0.15) is 4.98 Å². The maximum Gasteiger partial charge on any atom is 0.335 e. The number of nitrogens with zero attached hydrogens (tertiary/aromatic N) is 4. The fourth-order valence-corrected chi connectivity index (χ4v) is 9.66. The van der Waals surface area contributed by atoms with E-state index in [-0.39, 0.29) is 24.1 Å². The number of aromatic nitrogens is 2. The van der Waals surface area contributed by atoms with E-state index in [0.717, 1.165) is 16.8 Å². The van der Waals surface area contributed by atoms with Crippen LogP contribution in [0.3, 0.4) is 0 Å². The molecule has 0 fully saturated rings. The Morgan fingerprint density at radius 1 is 0.808 bits per heavy atom. The van der Waals surface area contributed by atoms with Crippen molar-refractivity contribution in [3.05, 3.63) is 161 Å². The van der Waals surface area contributed by atoms with E-state index < -0.39 is 9.04 Å². The predicted molar refractivity (Wildman–Crippen MR) is 216 cm³/mol. The van der Waals surface area contributed by atoms with Gasteiger partial charge in [-0.15, -0.1) is 0 Å². The number of hydrogen-bond acceptors (Lipinski definition) is 5. The van der Waals surface area contributed by atoms with Gasteiger partial charge < -0.3 is 9.74 Å². The van der Waals surface area contributed by atoms with Crippen LogP contribution in [0.1, 0.15) is 31.9 Å². The van der Waals surface area contributed by atoms with E-state index in [1.807, 2.05) is 54.6 Å². The zero-order valence-electron chi connectivity index (χ0n) is 29.2. The van der Waals surface area contributed by atoms with Crippen LogP contribution in [0.5, 0.6) is 0 Å². The highest BCUT2D eigenvalue weighted by molar-refractivity contribution is 6.80. The van der Waals surface area contributed by atoms with E-state index in [4.69, 9.17) is 32.6 Å². The summed E-state index contributed by atoms with van der Waals surface area (Å²) in [5.74, 6) is 0.862. The Hall–Kier alpha value is -4.99. The molecule has 0 radical (unpaired) electrons. The summed E-state index contributed by atoms with van der Waals surface area (Å²) in [5.41, 5.74) is 3.53. The lowest BCUT2D eigenvalue weighted by atomic mass is 9.85. The van der Waals surface area contributed by atoms with Crippen molar-refractivity contribution in [1.82, 2.24) is 9.97 Å². The first-order valence-electron chi connectivity index (χ1n) is 17.2. The summed E-state index contributed by atoms with van der Waals surface area (Å²) < 4.78 is 7.22. The highest BCUT2D eigenvalue weighted by atomic mass is 35.5. The minimum absolute atomic E-state index is 0.119. The van der Waals surface area contributed by atoms with Crippen LogP contribution in [0.25, 0.3) is 0 Å². The average molecular weight is 745 g/mol. The first-order chi connectivity index (χ1) is 25.2. The number of halogens is 2. The number of carbonyl (C=O) groups is 1. The first-order valence-corrected chi connectivity index (χ1v) is 19.6. The lowest BCUT2D eigenvalue weighted by molar-refractivity contribution is 0.0897. The van der Waals surface area contributed by atoms with E-state index in [1.165, 1.54) is 10.4 Å². The number of carbonyl (C=O) groups excluding carboxylic acids is 1. The van der Waals surface area contributed by atoms with Gasteiger partial charge in [-0.25, -0.2) is 14.7 Å². The summed E-state index contributed by atoms with van der Waals surface area (Å²) in [4.78, 5) is 27.4. The van der Waals surface area contributed by atoms with Crippen molar-refractivity contribution in [3.8, 4) is 0 Å². The molecule has 7 rings (SSSR count). The number of para-hydroxylation sites is 2. The number of benzene rings is 5. The van der Waals surface area contributed by atoms with Gasteiger partial charge in [0.05, 0.1) is 34.1 Å². The molecular weight excluding hydrogens is 705 g/mol. The van der Waals surface area contributed by atoms with Gasteiger partial charge in [0, 0.05) is 17.4 Å². The number of anilines is 5. The molecule has 0 aliphatic carbocycles. The molecule has 1 N–H and O–H groups in total. The number of amides is 2. The maximum atomic E-state index is 14.6. The zero-order valence-corrected chi connectivity index (χ0v) is 31.9. The Balaban J connectivity index is 1.26. The fourth-order valence-electron chi connectivity index (χ4n) is 6.38. The van der Waals surface area contributed by atoms with Crippen LogP contribution in [-0.2, 0) is 17.4 Å². The molecule has 0 saturated carbocycles. The molecule has 0 saturated heterocycles. The third-order valence-corrected chi connectivity index (χ3v) is 12.3. The standard InChI is InChI=1S/C42H39Cl2N5O2Si/c1-42(2,3)37(51-52(33-19-9-5-10-20-33)34-21-11-6-12-22-34)26-29-15-13-18-32(25-29)49-39-30(27-45-40(47-39)46-31-16-7-4-8-17-31)28-48(41(49)50)38-35(43)23-14-24-36(38)44/h4-25,27,37,52H,26,28H2,1-3H3,(H,45,46,47).